The molecule has 0 radical (unpaired) electrons. The third-order valence-corrected chi connectivity index (χ3v) is 3.80. The van der Waals surface area contributed by atoms with Crippen LogP contribution in [0.4, 0.5) is 10.1 Å². The fourth-order valence-corrected chi connectivity index (χ4v) is 2.18. The molecule has 0 aliphatic carbocycles. The van der Waals surface area contributed by atoms with Gasteiger partial charge in [-0.15, -0.1) is 0 Å². The summed E-state index contributed by atoms with van der Waals surface area (Å²) >= 11 is 3.26. The first kappa shape index (κ1) is 14.5. The number of hydrogen-bond donors (Lipinski definition) is 1. The summed E-state index contributed by atoms with van der Waals surface area (Å²) in [6.07, 6.45) is 0. The molecule has 0 aliphatic rings. The molecule has 0 saturated heterocycles. The Balaban J connectivity index is 2.11. The van der Waals surface area contributed by atoms with Crippen LogP contribution >= 0.6 is 15.9 Å². The maximum absolute atomic E-state index is 13.0. The molecule has 0 fully saturated rings. The first-order valence-corrected chi connectivity index (χ1v) is 6.74. The average Bonchev–Trinajstić information content (AvgIpc) is 2.40. The Morgan fingerprint density at radius 2 is 2.10 bits per heavy atom. The molecule has 3 nitrogen and oxygen atoms in total. The summed E-state index contributed by atoms with van der Waals surface area (Å²) in [6.45, 7) is 1.86. The van der Waals surface area contributed by atoms with E-state index in [9.17, 15) is 9.18 Å². The number of carbonyl (C=O) groups is 1. The Labute approximate surface area is 124 Å². The van der Waals surface area contributed by atoms with E-state index in [1.807, 2.05) is 0 Å². The van der Waals surface area contributed by atoms with Gasteiger partial charge in [0.1, 0.15) is 12.4 Å². The van der Waals surface area contributed by atoms with E-state index in [1.54, 1.807) is 31.2 Å². The highest BCUT2D eigenvalue weighted by Crippen LogP contribution is 2.24. The van der Waals surface area contributed by atoms with Crippen LogP contribution in [0.3, 0.4) is 0 Å². The SMILES string of the molecule is Cc1cc(F)ccc1COC(=O)c1cccc(N)c1Br. The van der Waals surface area contributed by atoms with Gasteiger partial charge in [0.05, 0.1) is 10.0 Å². The Bertz CT molecular complexity index is 658. The van der Waals surface area contributed by atoms with E-state index >= 15 is 0 Å². The quantitative estimate of drug-likeness (QED) is 0.683. The van der Waals surface area contributed by atoms with Gasteiger partial charge in [-0.05, 0) is 58.2 Å². The molecule has 2 aromatic rings. The fourth-order valence-electron chi connectivity index (χ4n) is 1.75. The van der Waals surface area contributed by atoms with Gasteiger partial charge in [0.25, 0.3) is 0 Å². The van der Waals surface area contributed by atoms with E-state index in [0.29, 0.717) is 15.7 Å². The van der Waals surface area contributed by atoms with Crippen LogP contribution in [0, 0.1) is 12.7 Å². The molecule has 5 heteroatoms. The van der Waals surface area contributed by atoms with Crippen LogP contribution in [-0.4, -0.2) is 5.97 Å². The molecule has 0 amide bonds. The average molecular weight is 338 g/mol. The van der Waals surface area contributed by atoms with Crippen molar-refractivity contribution in [1.29, 1.82) is 0 Å². The van der Waals surface area contributed by atoms with E-state index in [2.05, 4.69) is 15.9 Å². The second-order valence-electron chi connectivity index (χ2n) is 4.36. The molecule has 0 spiro atoms. The number of halogens is 2. The van der Waals surface area contributed by atoms with Gasteiger partial charge in [0.2, 0.25) is 0 Å². The fraction of sp³-hybridized carbons (Fsp3) is 0.133. The van der Waals surface area contributed by atoms with E-state index in [1.165, 1.54) is 12.1 Å². The molecule has 0 atom stereocenters. The van der Waals surface area contributed by atoms with Gasteiger partial charge in [0, 0.05) is 5.69 Å². The van der Waals surface area contributed by atoms with Crippen molar-refractivity contribution in [2.24, 2.45) is 0 Å². The summed E-state index contributed by atoms with van der Waals surface area (Å²) in [7, 11) is 0. The molecule has 0 bridgehead atoms. The highest BCUT2D eigenvalue weighted by atomic mass is 79.9. The minimum Gasteiger partial charge on any atom is -0.457 e. The van der Waals surface area contributed by atoms with Crippen LogP contribution in [0.5, 0.6) is 0 Å². The second kappa shape index (κ2) is 6.05. The second-order valence-corrected chi connectivity index (χ2v) is 5.15. The predicted molar refractivity (Wildman–Crippen MR) is 78.8 cm³/mol. The van der Waals surface area contributed by atoms with Crippen LogP contribution in [0.1, 0.15) is 21.5 Å². The molecule has 20 heavy (non-hydrogen) atoms. The zero-order valence-electron chi connectivity index (χ0n) is 10.8. The molecule has 0 unspecified atom stereocenters. The number of aryl methyl sites for hydroxylation is 1. The molecule has 0 aliphatic heterocycles. The highest BCUT2D eigenvalue weighted by Gasteiger charge is 2.13. The topological polar surface area (TPSA) is 52.3 Å². The Kier molecular flexibility index (Phi) is 4.39. The molecule has 2 aromatic carbocycles. The predicted octanol–water partition coefficient (Wildman–Crippen LogP) is 3.84. The van der Waals surface area contributed by atoms with Gasteiger partial charge in [-0.25, -0.2) is 9.18 Å². The van der Waals surface area contributed by atoms with Gasteiger partial charge < -0.3 is 10.5 Å². The largest absolute Gasteiger partial charge is 0.457 e. The minimum absolute atomic E-state index is 0.0895. The van der Waals surface area contributed by atoms with Crippen molar-refractivity contribution < 1.29 is 13.9 Å². The summed E-state index contributed by atoms with van der Waals surface area (Å²) in [6, 6.07) is 9.34. The molecule has 0 saturated carbocycles. The maximum atomic E-state index is 13.0. The Hall–Kier alpha value is -1.88. The highest BCUT2D eigenvalue weighted by molar-refractivity contribution is 9.10. The lowest BCUT2D eigenvalue weighted by Gasteiger charge is -2.09. The molecule has 0 heterocycles. The number of esters is 1. The first-order valence-electron chi connectivity index (χ1n) is 5.95. The summed E-state index contributed by atoms with van der Waals surface area (Å²) in [4.78, 5) is 12.0. The number of carbonyl (C=O) groups excluding carboxylic acids is 1. The van der Waals surface area contributed by atoms with Gasteiger partial charge in [0.15, 0.2) is 0 Å². The molecule has 104 valence electrons. The molecular formula is C15H13BrFNO2. The number of anilines is 1. The third-order valence-electron chi connectivity index (χ3n) is 2.91. The number of benzene rings is 2. The number of rotatable bonds is 3. The number of hydrogen-bond acceptors (Lipinski definition) is 3. The standard InChI is InChI=1S/C15H13BrFNO2/c1-9-7-11(17)6-5-10(9)8-20-15(19)12-3-2-4-13(18)14(12)16/h2-7H,8,18H2,1H3. The summed E-state index contributed by atoms with van der Waals surface area (Å²) < 4.78 is 18.7. The van der Waals surface area contributed by atoms with Gasteiger partial charge in [-0.3, -0.25) is 0 Å². The monoisotopic (exact) mass is 337 g/mol. The molecule has 2 N–H and O–H groups in total. The Morgan fingerprint density at radius 1 is 1.35 bits per heavy atom. The zero-order valence-corrected chi connectivity index (χ0v) is 12.4. The number of ether oxygens (including phenoxy) is 1. The summed E-state index contributed by atoms with van der Waals surface area (Å²) in [5, 5.41) is 0. The lowest BCUT2D eigenvalue weighted by Crippen LogP contribution is -2.08. The van der Waals surface area contributed by atoms with E-state index < -0.39 is 5.97 Å². The van der Waals surface area contributed by atoms with Crippen LogP contribution in [0.15, 0.2) is 40.9 Å². The summed E-state index contributed by atoms with van der Waals surface area (Å²) in [5.41, 5.74) is 8.05. The summed E-state index contributed by atoms with van der Waals surface area (Å²) in [5.74, 6) is -0.788. The Morgan fingerprint density at radius 3 is 2.80 bits per heavy atom. The van der Waals surface area contributed by atoms with E-state index in [4.69, 9.17) is 10.5 Å². The van der Waals surface area contributed by atoms with Crippen molar-refractivity contribution in [3.05, 3.63) is 63.4 Å². The van der Waals surface area contributed by atoms with Gasteiger partial charge in [-0.2, -0.15) is 0 Å². The molecular weight excluding hydrogens is 325 g/mol. The van der Waals surface area contributed by atoms with Crippen molar-refractivity contribution in [2.45, 2.75) is 13.5 Å². The van der Waals surface area contributed by atoms with Crippen molar-refractivity contribution in [1.82, 2.24) is 0 Å². The van der Waals surface area contributed by atoms with Crippen molar-refractivity contribution in [3.63, 3.8) is 0 Å². The van der Waals surface area contributed by atoms with Crippen molar-refractivity contribution in [3.8, 4) is 0 Å². The van der Waals surface area contributed by atoms with Crippen LogP contribution in [0.2, 0.25) is 0 Å². The van der Waals surface area contributed by atoms with Gasteiger partial charge in [-0.1, -0.05) is 12.1 Å². The maximum Gasteiger partial charge on any atom is 0.339 e. The third kappa shape index (κ3) is 3.17. The minimum atomic E-state index is -0.479. The normalized spacial score (nSPS) is 10.3. The molecule has 2 rings (SSSR count). The van der Waals surface area contributed by atoms with Gasteiger partial charge >= 0.3 is 5.97 Å². The van der Waals surface area contributed by atoms with E-state index in [0.717, 1.165) is 11.1 Å². The number of nitrogens with two attached hydrogens (primary N) is 1. The van der Waals surface area contributed by atoms with Crippen LogP contribution in [0.25, 0.3) is 0 Å². The number of nitrogen functional groups attached to an aromatic ring is 1. The van der Waals surface area contributed by atoms with Crippen molar-refractivity contribution >= 4 is 27.6 Å². The zero-order chi connectivity index (χ0) is 14.7. The van der Waals surface area contributed by atoms with Crippen molar-refractivity contribution in [2.75, 3.05) is 5.73 Å². The van der Waals surface area contributed by atoms with E-state index in [-0.39, 0.29) is 12.4 Å². The molecule has 0 aromatic heterocycles. The van der Waals surface area contributed by atoms with Crippen LogP contribution in [-0.2, 0) is 11.3 Å². The smallest absolute Gasteiger partial charge is 0.339 e. The lowest BCUT2D eigenvalue weighted by molar-refractivity contribution is 0.0471. The lowest BCUT2D eigenvalue weighted by atomic mass is 10.1. The van der Waals surface area contributed by atoms with Crippen LogP contribution < -0.4 is 5.73 Å². The first-order chi connectivity index (χ1) is 9.49.